The number of nitrogens with two attached hydrogens (primary N) is 1. The number of hydrogen-bond acceptors (Lipinski definition) is 10. The van der Waals surface area contributed by atoms with Crippen molar-refractivity contribution in [1.29, 1.82) is 0 Å². The lowest BCUT2D eigenvalue weighted by molar-refractivity contribution is -0.277. The molecule has 1 heterocycles. The molecule has 176 valence electrons. The number of ether oxygens (including phenoxy) is 5. The molecule has 31 heavy (non-hydrogen) atoms. The zero-order valence-electron chi connectivity index (χ0n) is 18.1. The van der Waals surface area contributed by atoms with Gasteiger partial charge in [0, 0.05) is 40.7 Å². The van der Waals surface area contributed by atoms with Gasteiger partial charge in [0.15, 0.2) is 18.5 Å². The van der Waals surface area contributed by atoms with Crippen LogP contribution in [0.25, 0.3) is 0 Å². The monoisotopic (exact) mass is 446 g/mol. The summed E-state index contributed by atoms with van der Waals surface area (Å²) in [5.74, 6) is -2.88. The van der Waals surface area contributed by atoms with E-state index in [9.17, 15) is 24.0 Å². The number of carbonyl (C=O) groups excluding carboxylic acids is 5. The first kappa shape index (κ1) is 26.3. The minimum Gasteiger partial charge on any atom is -0.463 e. The first-order valence-electron chi connectivity index (χ1n) is 9.81. The van der Waals surface area contributed by atoms with E-state index in [-0.39, 0.29) is 19.6 Å². The molecule has 1 rings (SSSR count). The fourth-order valence-corrected chi connectivity index (χ4v) is 3.03. The van der Waals surface area contributed by atoms with Gasteiger partial charge in [0.2, 0.25) is 11.8 Å². The number of rotatable bonds is 11. The van der Waals surface area contributed by atoms with Gasteiger partial charge in [-0.25, -0.2) is 0 Å². The van der Waals surface area contributed by atoms with Crippen LogP contribution in [0.1, 0.15) is 47.0 Å². The molecule has 0 aromatic carbocycles. The number of hydrogen-bond donors (Lipinski definition) is 2. The molecule has 0 spiro atoms. The summed E-state index contributed by atoms with van der Waals surface area (Å²) in [5.41, 5.74) is 5.11. The van der Waals surface area contributed by atoms with Gasteiger partial charge in [-0.05, 0) is 12.8 Å². The zero-order chi connectivity index (χ0) is 23.6. The molecule has 0 radical (unpaired) electrons. The SMILES string of the molecule is CC(=O)NC1C(OCCCCC(N)=O)OC(COC(C)=O)[C@H](OC(C)=O)C1OC(C)=O. The Morgan fingerprint density at radius 2 is 1.52 bits per heavy atom. The summed E-state index contributed by atoms with van der Waals surface area (Å²) in [6, 6.07) is -1.02. The lowest BCUT2D eigenvalue weighted by Gasteiger charge is -2.44. The molecular formula is C19H30N2O10. The average Bonchev–Trinajstić information content (AvgIpc) is 2.62. The number of primary amides is 1. The molecule has 3 N–H and O–H groups in total. The molecule has 1 saturated heterocycles. The largest absolute Gasteiger partial charge is 0.463 e. The topological polar surface area (TPSA) is 170 Å². The Morgan fingerprint density at radius 1 is 0.903 bits per heavy atom. The first-order valence-corrected chi connectivity index (χ1v) is 9.81. The maximum atomic E-state index is 11.8. The Hall–Kier alpha value is -2.73. The Bertz CT molecular complexity index is 668. The van der Waals surface area contributed by atoms with Crippen molar-refractivity contribution in [3.05, 3.63) is 0 Å². The average molecular weight is 446 g/mol. The Balaban J connectivity index is 3.11. The molecule has 1 fully saturated rings. The second-order valence-corrected chi connectivity index (χ2v) is 7.01. The van der Waals surface area contributed by atoms with Crippen molar-refractivity contribution < 1.29 is 47.7 Å². The van der Waals surface area contributed by atoms with Crippen LogP contribution in [-0.2, 0) is 47.7 Å². The Morgan fingerprint density at radius 3 is 2.03 bits per heavy atom. The maximum Gasteiger partial charge on any atom is 0.303 e. The van der Waals surface area contributed by atoms with Crippen LogP contribution in [0.2, 0.25) is 0 Å². The van der Waals surface area contributed by atoms with Crippen LogP contribution in [-0.4, -0.2) is 73.6 Å². The van der Waals surface area contributed by atoms with Crippen LogP contribution in [0.4, 0.5) is 0 Å². The number of unbranched alkanes of at least 4 members (excludes halogenated alkanes) is 1. The normalized spacial score (nSPS) is 25.2. The van der Waals surface area contributed by atoms with Crippen LogP contribution < -0.4 is 11.1 Å². The predicted molar refractivity (Wildman–Crippen MR) is 103 cm³/mol. The van der Waals surface area contributed by atoms with Gasteiger partial charge < -0.3 is 34.7 Å². The van der Waals surface area contributed by atoms with Crippen LogP contribution >= 0.6 is 0 Å². The van der Waals surface area contributed by atoms with Gasteiger partial charge in [0.1, 0.15) is 18.8 Å². The first-order chi connectivity index (χ1) is 14.5. The van der Waals surface area contributed by atoms with E-state index in [0.29, 0.717) is 12.8 Å². The van der Waals surface area contributed by atoms with Crippen molar-refractivity contribution >= 4 is 29.7 Å². The summed E-state index contributed by atoms with van der Waals surface area (Å²) in [6.45, 7) is 4.59. The van der Waals surface area contributed by atoms with Crippen LogP contribution in [0.15, 0.2) is 0 Å². The highest BCUT2D eigenvalue weighted by Gasteiger charge is 2.51. The summed E-state index contributed by atoms with van der Waals surface area (Å²) in [5, 5.41) is 2.60. The van der Waals surface area contributed by atoms with Crippen LogP contribution in [0.3, 0.4) is 0 Å². The fraction of sp³-hybridized carbons (Fsp3) is 0.737. The van der Waals surface area contributed by atoms with Crippen molar-refractivity contribution in [1.82, 2.24) is 5.32 Å². The van der Waals surface area contributed by atoms with Gasteiger partial charge in [0.05, 0.1) is 0 Å². The molecule has 12 nitrogen and oxygen atoms in total. The second kappa shape index (κ2) is 12.8. The number of nitrogens with one attached hydrogen (secondary N) is 1. The molecule has 5 atom stereocenters. The van der Waals surface area contributed by atoms with E-state index in [1.165, 1.54) is 13.8 Å². The van der Waals surface area contributed by atoms with Gasteiger partial charge in [-0.1, -0.05) is 0 Å². The van der Waals surface area contributed by atoms with Gasteiger partial charge in [-0.2, -0.15) is 0 Å². The third-order valence-electron chi connectivity index (χ3n) is 4.17. The van der Waals surface area contributed by atoms with E-state index in [2.05, 4.69) is 5.32 Å². The van der Waals surface area contributed by atoms with E-state index < -0.39 is 60.4 Å². The summed E-state index contributed by atoms with van der Waals surface area (Å²) >= 11 is 0. The van der Waals surface area contributed by atoms with Crippen LogP contribution in [0.5, 0.6) is 0 Å². The quantitative estimate of drug-likeness (QED) is 0.235. The van der Waals surface area contributed by atoms with E-state index >= 15 is 0 Å². The van der Waals surface area contributed by atoms with Gasteiger partial charge in [0.25, 0.3) is 0 Å². The molecule has 0 aromatic rings. The maximum absolute atomic E-state index is 11.8. The van der Waals surface area contributed by atoms with Gasteiger partial charge in [-0.3, -0.25) is 24.0 Å². The lowest BCUT2D eigenvalue weighted by atomic mass is 9.96. The van der Waals surface area contributed by atoms with Crippen molar-refractivity contribution in [2.45, 2.75) is 77.6 Å². The summed E-state index contributed by atoms with van der Waals surface area (Å²) in [7, 11) is 0. The highest BCUT2D eigenvalue weighted by molar-refractivity contribution is 5.74. The van der Waals surface area contributed by atoms with Gasteiger partial charge >= 0.3 is 17.9 Å². The van der Waals surface area contributed by atoms with Crippen molar-refractivity contribution in [3.8, 4) is 0 Å². The van der Waals surface area contributed by atoms with E-state index in [1.54, 1.807) is 0 Å². The molecule has 0 bridgehead atoms. The minimum atomic E-state index is -1.17. The molecular weight excluding hydrogens is 416 g/mol. The third-order valence-corrected chi connectivity index (χ3v) is 4.17. The van der Waals surface area contributed by atoms with Crippen molar-refractivity contribution in [3.63, 3.8) is 0 Å². The molecule has 4 unspecified atom stereocenters. The second-order valence-electron chi connectivity index (χ2n) is 7.01. The predicted octanol–water partition coefficient (Wildman–Crippen LogP) is -0.685. The molecule has 0 aliphatic carbocycles. The third kappa shape index (κ3) is 9.75. The highest BCUT2D eigenvalue weighted by atomic mass is 16.7. The summed E-state index contributed by atoms with van der Waals surface area (Å²) in [4.78, 5) is 57.3. The molecule has 1 aliphatic heterocycles. The smallest absolute Gasteiger partial charge is 0.303 e. The number of amides is 2. The molecule has 12 heteroatoms. The fourth-order valence-electron chi connectivity index (χ4n) is 3.03. The van der Waals surface area contributed by atoms with E-state index in [1.807, 2.05) is 0 Å². The molecule has 2 amide bonds. The molecule has 1 aliphatic rings. The van der Waals surface area contributed by atoms with E-state index in [4.69, 9.17) is 29.4 Å². The summed E-state index contributed by atoms with van der Waals surface area (Å²) < 4.78 is 27.2. The standard InChI is InChI=1S/C19H30N2O10/c1-10(22)21-16-18(30-13(4)25)17(29-12(3)24)14(9-28-11(2)23)31-19(16)27-8-6-5-7-15(20)26/h14,16-19H,5-9H2,1-4H3,(H2,20,26)(H,21,22)/t14?,16?,17-,18?,19?/m0/s1. The number of esters is 3. The number of carbonyl (C=O) groups is 5. The Labute approximate surface area is 180 Å². The summed E-state index contributed by atoms with van der Waals surface area (Å²) in [6.07, 6.45) is -3.36. The van der Waals surface area contributed by atoms with Gasteiger partial charge in [-0.15, -0.1) is 0 Å². The van der Waals surface area contributed by atoms with Crippen LogP contribution in [0, 0.1) is 0 Å². The zero-order valence-corrected chi connectivity index (χ0v) is 18.1. The molecule has 0 aromatic heterocycles. The van der Waals surface area contributed by atoms with Crippen molar-refractivity contribution in [2.24, 2.45) is 5.73 Å². The highest BCUT2D eigenvalue weighted by Crippen LogP contribution is 2.28. The molecule has 0 saturated carbocycles. The van der Waals surface area contributed by atoms with E-state index in [0.717, 1.165) is 13.8 Å². The van der Waals surface area contributed by atoms with Crippen molar-refractivity contribution in [2.75, 3.05) is 13.2 Å². The minimum absolute atomic E-state index is 0.138. The lowest BCUT2D eigenvalue weighted by Crippen LogP contribution is -2.66. The Kier molecular flexibility index (Phi) is 10.9.